The summed E-state index contributed by atoms with van der Waals surface area (Å²) in [5, 5.41) is 3.24. The third-order valence-corrected chi connectivity index (χ3v) is 2.48. The van der Waals surface area contributed by atoms with E-state index in [-0.39, 0.29) is 5.97 Å². The molecule has 0 bridgehead atoms. The van der Waals surface area contributed by atoms with Crippen molar-refractivity contribution in [2.24, 2.45) is 0 Å². The Labute approximate surface area is 103 Å². The standard InChI is InChI=1S/C14H21NO2/c1-3-17-14(16)8-10-15-9-7-13-6-4-5-12(2)11-13/h4-6,11,15H,3,7-10H2,1-2H3. The van der Waals surface area contributed by atoms with E-state index in [1.54, 1.807) is 0 Å². The number of hydrogen-bond acceptors (Lipinski definition) is 3. The van der Waals surface area contributed by atoms with Crippen LogP contribution in [0.1, 0.15) is 24.5 Å². The molecule has 3 nitrogen and oxygen atoms in total. The second kappa shape index (κ2) is 7.85. The highest BCUT2D eigenvalue weighted by Gasteiger charge is 2.00. The van der Waals surface area contributed by atoms with Gasteiger partial charge in [-0.15, -0.1) is 0 Å². The van der Waals surface area contributed by atoms with Gasteiger partial charge in [-0.3, -0.25) is 4.79 Å². The highest BCUT2D eigenvalue weighted by atomic mass is 16.5. The molecule has 0 saturated carbocycles. The lowest BCUT2D eigenvalue weighted by atomic mass is 10.1. The first-order valence-corrected chi connectivity index (χ1v) is 6.14. The number of aryl methyl sites for hydroxylation is 1. The van der Waals surface area contributed by atoms with Crippen molar-refractivity contribution >= 4 is 5.97 Å². The normalized spacial score (nSPS) is 10.2. The average Bonchev–Trinajstić information content (AvgIpc) is 2.29. The van der Waals surface area contributed by atoms with Gasteiger partial charge in [-0.05, 0) is 32.4 Å². The van der Waals surface area contributed by atoms with Crippen LogP contribution < -0.4 is 5.32 Å². The number of benzene rings is 1. The number of ether oxygens (including phenoxy) is 1. The number of carbonyl (C=O) groups is 1. The van der Waals surface area contributed by atoms with Crippen LogP contribution in [0.25, 0.3) is 0 Å². The first-order valence-electron chi connectivity index (χ1n) is 6.14. The third kappa shape index (κ3) is 6.07. The topological polar surface area (TPSA) is 38.3 Å². The number of rotatable bonds is 7. The lowest BCUT2D eigenvalue weighted by Crippen LogP contribution is -2.21. The van der Waals surface area contributed by atoms with Crippen LogP contribution in [0.3, 0.4) is 0 Å². The molecule has 0 fully saturated rings. The molecule has 0 aliphatic carbocycles. The summed E-state index contributed by atoms with van der Waals surface area (Å²) in [5.41, 5.74) is 2.61. The molecule has 0 atom stereocenters. The number of esters is 1. The molecule has 3 heteroatoms. The lowest BCUT2D eigenvalue weighted by molar-refractivity contribution is -0.142. The lowest BCUT2D eigenvalue weighted by Gasteiger charge is -2.05. The molecule has 0 aromatic heterocycles. The molecule has 0 aliphatic rings. The molecule has 0 heterocycles. The maximum atomic E-state index is 11.1. The molecular formula is C14H21NO2. The van der Waals surface area contributed by atoms with Crippen molar-refractivity contribution in [2.45, 2.75) is 26.7 Å². The number of carbonyl (C=O) groups excluding carboxylic acids is 1. The fourth-order valence-electron chi connectivity index (χ4n) is 1.65. The molecule has 0 aliphatic heterocycles. The predicted octanol–water partition coefficient (Wildman–Crippen LogP) is 2.08. The van der Waals surface area contributed by atoms with E-state index in [9.17, 15) is 4.79 Å². The number of nitrogens with one attached hydrogen (secondary N) is 1. The Bertz CT molecular complexity index is 350. The third-order valence-electron chi connectivity index (χ3n) is 2.48. The van der Waals surface area contributed by atoms with Crippen molar-refractivity contribution in [1.82, 2.24) is 5.32 Å². The summed E-state index contributed by atoms with van der Waals surface area (Å²) in [6, 6.07) is 8.48. The smallest absolute Gasteiger partial charge is 0.307 e. The van der Waals surface area contributed by atoms with Crippen LogP contribution in [-0.2, 0) is 16.0 Å². The largest absolute Gasteiger partial charge is 0.466 e. The molecule has 1 N–H and O–H groups in total. The first kappa shape index (κ1) is 13.7. The predicted molar refractivity (Wildman–Crippen MR) is 69.0 cm³/mol. The van der Waals surface area contributed by atoms with Gasteiger partial charge < -0.3 is 10.1 Å². The van der Waals surface area contributed by atoms with Gasteiger partial charge in [-0.25, -0.2) is 0 Å². The molecular weight excluding hydrogens is 214 g/mol. The molecule has 0 amide bonds. The van der Waals surface area contributed by atoms with E-state index in [1.165, 1.54) is 11.1 Å². The highest BCUT2D eigenvalue weighted by Crippen LogP contribution is 2.03. The summed E-state index contributed by atoms with van der Waals surface area (Å²) in [4.78, 5) is 11.1. The van der Waals surface area contributed by atoms with Crippen molar-refractivity contribution in [3.63, 3.8) is 0 Å². The van der Waals surface area contributed by atoms with Gasteiger partial charge in [-0.2, -0.15) is 0 Å². The van der Waals surface area contributed by atoms with Crippen LogP contribution >= 0.6 is 0 Å². The molecule has 0 unspecified atom stereocenters. The van der Waals surface area contributed by atoms with Crippen molar-refractivity contribution in [3.05, 3.63) is 35.4 Å². The van der Waals surface area contributed by atoms with Gasteiger partial charge >= 0.3 is 5.97 Å². The Kier molecular flexibility index (Phi) is 6.33. The Morgan fingerprint density at radius 3 is 2.88 bits per heavy atom. The molecule has 1 rings (SSSR count). The van der Waals surface area contributed by atoms with E-state index in [0.29, 0.717) is 19.6 Å². The van der Waals surface area contributed by atoms with Gasteiger partial charge in [0.25, 0.3) is 0 Å². The van der Waals surface area contributed by atoms with E-state index in [0.717, 1.165) is 13.0 Å². The van der Waals surface area contributed by atoms with Crippen LogP contribution in [0, 0.1) is 6.92 Å². The van der Waals surface area contributed by atoms with E-state index in [1.807, 2.05) is 6.92 Å². The zero-order valence-corrected chi connectivity index (χ0v) is 10.7. The van der Waals surface area contributed by atoms with Crippen LogP contribution in [0.2, 0.25) is 0 Å². The molecule has 1 aromatic carbocycles. The van der Waals surface area contributed by atoms with E-state index in [4.69, 9.17) is 4.74 Å². The quantitative estimate of drug-likeness (QED) is 0.581. The van der Waals surface area contributed by atoms with Gasteiger partial charge in [-0.1, -0.05) is 29.8 Å². The fourth-order valence-corrected chi connectivity index (χ4v) is 1.65. The maximum Gasteiger partial charge on any atom is 0.307 e. The summed E-state index contributed by atoms with van der Waals surface area (Å²) < 4.78 is 4.84. The van der Waals surface area contributed by atoms with Gasteiger partial charge in [0.15, 0.2) is 0 Å². The molecule has 94 valence electrons. The second-order valence-electron chi connectivity index (χ2n) is 4.04. The zero-order chi connectivity index (χ0) is 12.5. The average molecular weight is 235 g/mol. The van der Waals surface area contributed by atoms with Crippen LogP contribution in [0.5, 0.6) is 0 Å². The minimum absolute atomic E-state index is 0.129. The Morgan fingerprint density at radius 1 is 1.35 bits per heavy atom. The Balaban J connectivity index is 2.10. The van der Waals surface area contributed by atoms with Crippen LogP contribution in [0.15, 0.2) is 24.3 Å². The summed E-state index contributed by atoms with van der Waals surface area (Å²) in [6.45, 7) is 5.95. The zero-order valence-electron chi connectivity index (χ0n) is 10.7. The Hall–Kier alpha value is -1.35. The summed E-state index contributed by atoms with van der Waals surface area (Å²) in [5.74, 6) is -0.129. The van der Waals surface area contributed by atoms with Gasteiger partial charge in [0.05, 0.1) is 13.0 Å². The van der Waals surface area contributed by atoms with Crippen LogP contribution in [-0.4, -0.2) is 25.7 Å². The minimum Gasteiger partial charge on any atom is -0.466 e. The van der Waals surface area contributed by atoms with Gasteiger partial charge in [0, 0.05) is 6.54 Å². The second-order valence-corrected chi connectivity index (χ2v) is 4.04. The van der Waals surface area contributed by atoms with Crippen molar-refractivity contribution in [3.8, 4) is 0 Å². The maximum absolute atomic E-state index is 11.1. The van der Waals surface area contributed by atoms with E-state index in [2.05, 4.69) is 36.5 Å². The summed E-state index contributed by atoms with van der Waals surface area (Å²) in [7, 11) is 0. The minimum atomic E-state index is -0.129. The summed E-state index contributed by atoms with van der Waals surface area (Å²) >= 11 is 0. The van der Waals surface area contributed by atoms with Crippen molar-refractivity contribution in [1.29, 1.82) is 0 Å². The van der Waals surface area contributed by atoms with Crippen molar-refractivity contribution in [2.75, 3.05) is 19.7 Å². The SMILES string of the molecule is CCOC(=O)CCNCCc1cccc(C)c1. The molecule has 1 aromatic rings. The fraction of sp³-hybridized carbons (Fsp3) is 0.500. The van der Waals surface area contributed by atoms with E-state index < -0.39 is 0 Å². The molecule has 17 heavy (non-hydrogen) atoms. The van der Waals surface area contributed by atoms with Crippen molar-refractivity contribution < 1.29 is 9.53 Å². The highest BCUT2D eigenvalue weighted by molar-refractivity contribution is 5.69. The summed E-state index contributed by atoms with van der Waals surface area (Å²) in [6.07, 6.45) is 1.44. The first-order chi connectivity index (χ1) is 8.22. The molecule has 0 radical (unpaired) electrons. The van der Waals surface area contributed by atoms with Gasteiger partial charge in [0.1, 0.15) is 0 Å². The van der Waals surface area contributed by atoms with Crippen LogP contribution in [0.4, 0.5) is 0 Å². The monoisotopic (exact) mass is 235 g/mol. The van der Waals surface area contributed by atoms with E-state index >= 15 is 0 Å². The molecule has 0 spiro atoms. The number of hydrogen-bond donors (Lipinski definition) is 1. The Morgan fingerprint density at radius 2 is 2.18 bits per heavy atom. The molecule has 0 saturated heterocycles. The van der Waals surface area contributed by atoms with Gasteiger partial charge in [0.2, 0.25) is 0 Å².